The van der Waals surface area contributed by atoms with Gasteiger partial charge in [0, 0.05) is 44.4 Å². The highest BCUT2D eigenvalue weighted by Gasteiger charge is 2.19. The molecule has 2 heterocycles. The number of hydrogen-bond donors (Lipinski definition) is 1. The van der Waals surface area contributed by atoms with Crippen LogP contribution in [-0.2, 0) is 19.9 Å². The minimum Gasteiger partial charge on any atom is -0.494 e. The Morgan fingerprint density at radius 1 is 1.21 bits per heavy atom. The summed E-state index contributed by atoms with van der Waals surface area (Å²) >= 11 is 0. The largest absolute Gasteiger partial charge is 0.494 e. The van der Waals surface area contributed by atoms with Crippen molar-refractivity contribution in [1.82, 2.24) is 20.0 Å². The molecular weight excluding hydrogens is 371 g/mol. The van der Waals surface area contributed by atoms with E-state index in [2.05, 4.69) is 22.2 Å². The smallest absolute Gasteiger partial charge is 0.269 e. The molecule has 0 spiro atoms. The minimum absolute atomic E-state index is 0.0495. The van der Waals surface area contributed by atoms with Gasteiger partial charge in [-0.2, -0.15) is 5.10 Å². The van der Waals surface area contributed by atoms with Gasteiger partial charge in [-0.05, 0) is 49.6 Å². The summed E-state index contributed by atoms with van der Waals surface area (Å²) in [5, 5.41) is 7.86. The van der Waals surface area contributed by atoms with E-state index in [1.807, 2.05) is 0 Å². The lowest BCUT2D eigenvalue weighted by Gasteiger charge is -2.27. The minimum atomic E-state index is -0.427. The number of ether oxygens (including phenoxy) is 1. The van der Waals surface area contributed by atoms with E-state index in [-0.39, 0.29) is 11.3 Å². The zero-order valence-corrected chi connectivity index (χ0v) is 17.6. The second-order valence-electron chi connectivity index (χ2n) is 7.53. The fourth-order valence-electron chi connectivity index (χ4n) is 3.96. The summed E-state index contributed by atoms with van der Waals surface area (Å²) < 4.78 is 20.7. The molecule has 0 saturated carbocycles. The maximum atomic E-state index is 14.3. The molecule has 0 atom stereocenters. The van der Waals surface area contributed by atoms with E-state index >= 15 is 0 Å². The van der Waals surface area contributed by atoms with Gasteiger partial charge in [0.2, 0.25) is 0 Å². The van der Waals surface area contributed by atoms with Gasteiger partial charge in [0.25, 0.3) is 5.56 Å². The first kappa shape index (κ1) is 21.5. The maximum Gasteiger partial charge on any atom is 0.269 e. The van der Waals surface area contributed by atoms with Crippen LogP contribution in [0.2, 0.25) is 0 Å². The van der Waals surface area contributed by atoms with Gasteiger partial charge < -0.3 is 15.0 Å². The molecular formula is C22H31FN4O2. The standard InChI is InChI=1S/C22H31FN4O2/c1-4-6-17-18(7-5-12-27-13-10-24-11-14-27)22(28)26(2)25-21(17)16-8-9-20(29-3)19(23)15-16/h8-9,15,24H,4-7,10-14H2,1-3H3. The first-order valence-corrected chi connectivity index (χ1v) is 10.4. The van der Waals surface area contributed by atoms with Crippen LogP contribution < -0.4 is 15.6 Å². The molecule has 29 heavy (non-hydrogen) atoms. The van der Waals surface area contributed by atoms with E-state index in [1.54, 1.807) is 19.2 Å². The number of halogens is 1. The van der Waals surface area contributed by atoms with Gasteiger partial charge in [-0.3, -0.25) is 4.79 Å². The molecule has 1 aromatic heterocycles. The van der Waals surface area contributed by atoms with Crippen LogP contribution in [0.1, 0.15) is 30.9 Å². The Balaban J connectivity index is 1.92. The van der Waals surface area contributed by atoms with Crippen LogP contribution in [0.3, 0.4) is 0 Å². The monoisotopic (exact) mass is 402 g/mol. The van der Waals surface area contributed by atoms with Crippen LogP contribution in [0.5, 0.6) is 5.75 Å². The Kier molecular flexibility index (Phi) is 7.39. The van der Waals surface area contributed by atoms with Gasteiger partial charge in [-0.25, -0.2) is 9.07 Å². The van der Waals surface area contributed by atoms with Gasteiger partial charge in [0.15, 0.2) is 11.6 Å². The molecule has 2 aromatic rings. The van der Waals surface area contributed by atoms with Gasteiger partial charge in [-0.1, -0.05) is 13.3 Å². The fourth-order valence-corrected chi connectivity index (χ4v) is 3.96. The van der Waals surface area contributed by atoms with Crippen molar-refractivity contribution in [3.8, 4) is 17.0 Å². The van der Waals surface area contributed by atoms with Crippen molar-refractivity contribution in [2.75, 3.05) is 39.8 Å². The van der Waals surface area contributed by atoms with Crippen molar-refractivity contribution < 1.29 is 9.13 Å². The summed E-state index contributed by atoms with van der Waals surface area (Å²) in [5.41, 5.74) is 3.07. The van der Waals surface area contributed by atoms with Crippen LogP contribution in [0, 0.1) is 5.82 Å². The summed E-state index contributed by atoms with van der Waals surface area (Å²) in [4.78, 5) is 15.3. The van der Waals surface area contributed by atoms with E-state index in [0.717, 1.165) is 63.1 Å². The number of hydrogen-bond acceptors (Lipinski definition) is 5. The molecule has 0 unspecified atom stereocenters. The quantitative estimate of drug-likeness (QED) is 0.735. The highest BCUT2D eigenvalue weighted by Crippen LogP contribution is 2.28. The normalized spacial score (nSPS) is 14.9. The van der Waals surface area contributed by atoms with E-state index in [0.29, 0.717) is 17.7 Å². The molecule has 7 heteroatoms. The molecule has 6 nitrogen and oxygen atoms in total. The number of aryl methyl sites for hydroxylation is 1. The van der Waals surface area contributed by atoms with E-state index in [1.165, 1.54) is 17.9 Å². The zero-order chi connectivity index (χ0) is 20.8. The third kappa shape index (κ3) is 5.03. The average molecular weight is 403 g/mol. The second-order valence-corrected chi connectivity index (χ2v) is 7.53. The third-order valence-electron chi connectivity index (χ3n) is 5.49. The number of benzene rings is 1. The lowest BCUT2D eigenvalue weighted by Crippen LogP contribution is -2.43. The molecule has 0 aliphatic carbocycles. The lowest BCUT2D eigenvalue weighted by molar-refractivity contribution is 0.238. The summed E-state index contributed by atoms with van der Waals surface area (Å²) in [6, 6.07) is 4.85. The van der Waals surface area contributed by atoms with Crippen LogP contribution in [0.4, 0.5) is 4.39 Å². The molecule has 0 radical (unpaired) electrons. The van der Waals surface area contributed by atoms with Crippen molar-refractivity contribution in [3.05, 3.63) is 45.5 Å². The van der Waals surface area contributed by atoms with Gasteiger partial charge in [0.05, 0.1) is 12.8 Å². The Hall–Kier alpha value is -2.25. The maximum absolute atomic E-state index is 14.3. The van der Waals surface area contributed by atoms with Gasteiger partial charge in [0.1, 0.15) is 0 Å². The topological polar surface area (TPSA) is 59.4 Å². The Bertz CT molecular complexity index is 891. The zero-order valence-electron chi connectivity index (χ0n) is 17.6. The predicted octanol–water partition coefficient (Wildman–Crippen LogP) is 2.39. The molecule has 1 N–H and O–H groups in total. The second kappa shape index (κ2) is 9.98. The highest BCUT2D eigenvalue weighted by atomic mass is 19.1. The average Bonchev–Trinajstić information content (AvgIpc) is 2.73. The molecule has 3 rings (SSSR count). The molecule has 1 aliphatic heterocycles. The Morgan fingerprint density at radius 3 is 2.62 bits per heavy atom. The number of aromatic nitrogens is 2. The Labute approximate surface area is 171 Å². The predicted molar refractivity (Wildman–Crippen MR) is 113 cm³/mol. The van der Waals surface area contributed by atoms with Crippen molar-refractivity contribution in [3.63, 3.8) is 0 Å². The summed E-state index contributed by atoms with van der Waals surface area (Å²) in [6.45, 7) is 7.20. The van der Waals surface area contributed by atoms with Crippen molar-refractivity contribution in [1.29, 1.82) is 0 Å². The van der Waals surface area contributed by atoms with E-state index in [9.17, 15) is 9.18 Å². The first-order chi connectivity index (χ1) is 14.0. The number of piperazine rings is 1. The molecule has 0 bridgehead atoms. The lowest BCUT2D eigenvalue weighted by atomic mass is 9.95. The number of nitrogens with one attached hydrogen (secondary N) is 1. The van der Waals surface area contributed by atoms with E-state index < -0.39 is 5.82 Å². The van der Waals surface area contributed by atoms with Gasteiger partial charge in [-0.15, -0.1) is 0 Å². The molecule has 158 valence electrons. The summed E-state index contributed by atoms with van der Waals surface area (Å²) in [5.74, 6) is -0.227. The summed E-state index contributed by atoms with van der Waals surface area (Å²) in [7, 11) is 3.11. The fraction of sp³-hybridized carbons (Fsp3) is 0.545. The third-order valence-corrected chi connectivity index (χ3v) is 5.49. The number of nitrogens with zero attached hydrogens (tertiary/aromatic N) is 3. The molecule has 0 amide bonds. The number of methoxy groups -OCH3 is 1. The molecule has 1 aromatic carbocycles. The summed E-state index contributed by atoms with van der Waals surface area (Å²) in [6.07, 6.45) is 3.27. The van der Waals surface area contributed by atoms with Crippen molar-refractivity contribution in [2.45, 2.75) is 32.6 Å². The molecule has 1 saturated heterocycles. The number of rotatable bonds is 8. The van der Waals surface area contributed by atoms with Crippen LogP contribution in [-0.4, -0.2) is 54.5 Å². The first-order valence-electron chi connectivity index (χ1n) is 10.4. The van der Waals surface area contributed by atoms with Crippen LogP contribution in [0.15, 0.2) is 23.0 Å². The van der Waals surface area contributed by atoms with Crippen molar-refractivity contribution in [2.24, 2.45) is 7.05 Å². The van der Waals surface area contributed by atoms with Crippen LogP contribution >= 0.6 is 0 Å². The van der Waals surface area contributed by atoms with Crippen LogP contribution in [0.25, 0.3) is 11.3 Å². The van der Waals surface area contributed by atoms with Crippen molar-refractivity contribution >= 4 is 0 Å². The Morgan fingerprint density at radius 2 is 1.97 bits per heavy atom. The highest BCUT2D eigenvalue weighted by molar-refractivity contribution is 5.65. The van der Waals surface area contributed by atoms with E-state index in [4.69, 9.17) is 4.74 Å². The SMILES string of the molecule is CCCc1c(-c2ccc(OC)c(F)c2)nn(C)c(=O)c1CCCN1CCNCC1. The molecule has 1 aliphatic rings. The van der Waals surface area contributed by atoms with Gasteiger partial charge >= 0.3 is 0 Å². The molecule has 1 fully saturated rings.